The highest BCUT2D eigenvalue weighted by molar-refractivity contribution is 5.03. The first-order valence-electron chi connectivity index (χ1n) is 6.76. The molecule has 0 aliphatic heterocycles. The number of hydrogen-bond acceptors (Lipinski definition) is 0. The lowest BCUT2D eigenvalue weighted by atomic mass is 9.94. The van der Waals surface area contributed by atoms with Gasteiger partial charge in [0.2, 0.25) is 0 Å². The van der Waals surface area contributed by atoms with Crippen LogP contribution in [0.1, 0.15) is 70.6 Å². The zero-order chi connectivity index (χ0) is 10.8. The molecular weight excluding hydrogens is 182 g/mol. The van der Waals surface area contributed by atoms with Gasteiger partial charge in [0.1, 0.15) is 0 Å². The van der Waals surface area contributed by atoms with Crippen LogP contribution in [0.3, 0.4) is 0 Å². The molecule has 0 aromatic rings. The SMILES string of the molecule is [NH]CCCCCCCC=C1CCCCC1. The zero-order valence-corrected chi connectivity index (χ0v) is 10.1. The Morgan fingerprint density at radius 1 is 0.867 bits per heavy atom. The average molecular weight is 208 g/mol. The van der Waals surface area contributed by atoms with Crippen LogP contribution >= 0.6 is 0 Å². The monoisotopic (exact) mass is 208 g/mol. The van der Waals surface area contributed by atoms with Gasteiger partial charge >= 0.3 is 0 Å². The Balaban J connectivity index is 1.91. The Bertz CT molecular complexity index is 164. The van der Waals surface area contributed by atoms with Crippen molar-refractivity contribution in [3.05, 3.63) is 11.6 Å². The van der Waals surface area contributed by atoms with Crippen LogP contribution in [0.15, 0.2) is 11.6 Å². The predicted octanol–water partition coefficient (Wildman–Crippen LogP) is 4.50. The van der Waals surface area contributed by atoms with Crippen molar-refractivity contribution < 1.29 is 0 Å². The summed E-state index contributed by atoms with van der Waals surface area (Å²) in [4.78, 5) is 0. The fourth-order valence-corrected chi connectivity index (χ4v) is 2.32. The third-order valence-electron chi connectivity index (χ3n) is 3.31. The highest BCUT2D eigenvalue weighted by atomic mass is 14.5. The van der Waals surface area contributed by atoms with Crippen LogP contribution in [0.2, 0.25) is 0 Å². The van der Waals surface area contributed by atoms with Gasteiger partial charge in [0, 0.05) is 6.54 Å². The first-order chi connectivity index (χ1) is 7.43. The molecule has 1 fully saturated rings. The molecule has 1 heteroatoms. The average Bonchev–Trinajstić information content (AvgIpc) is 2.29. The lowest BCUT2D eigenvalue weighted by Gasteiger charge is -2.13. The van der Waals surface area contributed by atoms with Gasteiger partial charge in [-0.15, -0.1) is 0 Å². The van der Waals surface area contributed by atoms with Crippen molar-refractivity contribution in [2.45, 2.75) is 70.6 Å². The smallest absolute Gasteiger partial charge is 0.00997 e. The number of nitrogens with one attached hydrogen (secondary N) is 1. The Morgan fingerprint density at radius 3 is 2.27 bits per heavy atom. The first kappa shape index (κ1) is 12.8. The van der Waals surface area contributed by atoms with E-state index in [9.17, 15) is 0 Å². The molecule has 1 aliphatic carbocycles. The molecule has 0 amide bonds. The topological polar surface area (TPSA) is 23.8 Å². The van der Waals surface area contributed by atoms with Crippen LogP contribution in [-0.2, 0) is 0 Å². The molecule has 0 aromatic heterocycles. The molecule has 1 N–H and O–H groups in total. The van der Waals surface area contributed by atoms with Crippen LogP contribution in [0.5, 0.6) is 0 Å². The summed E-state index contributed by atoms with van der Waals surface area (Å²) in [6.45, 7) is 0.615. The summed E-state index contributed by atoms with van der Waals surface area (Å²) in [5, 5.41) is 0. The summed E-state index contributed by atoms with van der Waals surface area (Å²) in [5.41, 5.74) is 8.77. The molecule has 0 spiro atoms. The van der Waals surface area contributed by atoms with Gasteiger partial charge in [-0.2, -0.15) is 0 Å². The third-order valence-corrected chi connectivity index (χ3v) is 3.31. The van der Waals surface area contributed by atoms with E-state index in [-0.39, 0.29) is 0 Å². The summed E-state index contributed by atoms with van der Waals surface area (Å²) in [6.07, 6.45) is 17.3. The number of hydrogen-bond donors (Lipinski definition) is 0. The molecular formula is C14H26N. The summed E-state index contributed by atoms with van der Waals surface area (Å²) < 4.78 is 0. The summed E-state index contributed by atoms with van der Waals surface area (Å²) in [6, 6.07) is 0. The molecule has 0 aromatic carbocycles. The molecule has 1 radical (unpaired) electrons. The van der Waals surface area contributed by atoms with Crippen LogP contribution in [-0.4, -0.2) is 6.54 Å². The molecule has 15 heavy (non-hydrogen) atoms. The van der Waals surface area contributed by atoms with Crippen molar-refractivity contribution in [2.24, 2.45) is 0 Å². The van der Waals surface area contributed by atoms with Gasteiger partial charge in [-0.25, -0.2) is 0 Å². The van der Waals surface area contributed by atoms with E-state index in [4.69, 9.17) is 5.73 Å². The van der Waals surface area contributed by atoms with Crippen LogP contribution in [0.25, 0.3) is 0 Å². The minimum Gasteiger partial charge on any atom is -0.258 e. The highest BCUT2D eigenvalue weighted by Crippen LogP contribution is 2.23. The first-order valence-corrected chi connectivity index (χ1v) is 6.76. The van der Waals surface area contributed by atoms with E-state index in [2.05, 4.69) is 6.08 Å². The summed E-state index contributed by atoms with van der Waals surface area (Å²) in [7, 11) is 0. The van der Waals surface area contributed by atoms with E-state index < -0.39 is 0 Å². The van der Waals surface area contributed by atoms with Gasteiger partial charge in [0.25, 0.3) is 0 Å². The van der Waals surface area contributed by atoms with E-state index in [1.807, 2.05) is 0 Å². The molecule has 0 heterocycles. The largest absolute Gasteiger partial charge is 0.258 e. The van der Waals surface area contributed by atoms with Gasteiger partial charge in [-0.05, 0) is 44.9 Å². The van der Waals surface area contributed by atoms with Gasteiger partial charge < -0.3 is 0 Å². The maximum absolute atomic E-state index is 7.04. The lowest BCUT2D eigenvalue weighted by Crippen LogP contribution is -1.93. The van der Waals surface area contributed by atoms with E-state index >= 15 is 0 Å². The van der Waals surface area contributed by atoms with Crippen molar-refractivity contribution >= 4 is 0 Å². The van der Waals surface area contributed by atoms with Crippen LogP contribution in [0.4, 0.5) is 0 Å². The summed E-state index contributed by atoms with van der Waals surface area (Å²) in [5.74, 6) is 0. The Hall–Kier alpha value is -0.300. The maximum Gasteiger partial charge on any atom is 0.00997 e. The fraction of sp³-hybridized carbons (Fsp3) is 0.857. The third kappa shape index (κ3) is 6.72. The minimum absolute atomic E-state index is 0.615. The molecule has 0 atom stereocenters. The molecule has 1 saturated carbocycles. The quantitative estimate of drug-likeness (QED) is 0.434. The standard InChI is InChI=1S/C14H26N/c15-13-9-4-2-1-3-6-10-14-11-7-5-8-12-14/h10,15H,1-9,11-13H2. The normalized spacial score (nSPS) is 16.7. The maximum atomic E-state index is 7.04. The Morgan fingerprint density at radius 2 is 1.53 bits per heavy atom. The van der Waals surface area contributed by atoms with Crippen molar-refractivity contribution in [3.8, 4) is 0 Å². The molecule has 0 saturated heterocycles. The minimum atomic E-state index is 0.615. The predicted molar refractivity (Wildman–Crippen MR) is 66.8 cm³/mol. The van der Waals surface area contributed by atoms with Crippen LogP contribution in [0, 0.1) is 0 Å². The van der Waals surface area contributed by atoms with Gasteiger partial charge in [-0.1, -0.05) is 37.3 Å². The second kappa shape index (κ2) is 8.96. The number of allylic oxidation sites excluding steroid dienone is 2. The van der Waals surface area contributed by atoms with Gasteiger partial charge in [-0.3, -0.25) is 5.73 Å². The van der Waals surface area contributed by atoms with E-state index in [0.29, 0.717) is 6.54 Å². The highest BCUT2D eigenvalue weighted by Gasteiger charge is 2.03. The molecule has 0 bridgehead atoms. The van der Waals surface area contributed by atoms with E-state index in [1.54, 1.807) is 5.57 Å². The van der Waals surface area contributed by atoms with Gasteiger partial charge in [0.15, 0.2) is 0 Å². The van der Waals surface area contributed by atoms with Crippen molar-refractivity contribution in [2.75, 3.05) is 6.54 Å². The second-order valence-corrected chi connectivity index (χ2v) is 4.73. The van der Waals surface area contributed by atoms with Crippen molar-refractivity contribution in [3.63, 3.8) is 0 Å². The number of unbranched alkanes of at least 4 members (excludes halogenated alkanes) is 5. The Labute approximate surface area is 95.1 Å². The van der Waals surface area contributed by atoms with Crippen LogP contribution < -0.4 is 5.73 Å². The molecule has 1 rings (SSSR count). The molecule has 87 valence electrons. The number of rotatable bonds is 7. The second-order valence-electron chi connectivity index (χ2n) is 4.73. The molecule has 1 aliphatic rings. The van der Waals surface area contributed by atoms with Crippen molar-refractivity contribution in [1.29, 1.82) is 0 Å². The van der Waals surface area contributed by atoms with E-state index in [0.717, 1.165) is 6.42 Å². The zero-order valence-electron chi connectivity index (χ0n) is 10.1. The van der Waals surface area contributed by atoms with E-state index in [1.165, 1.54) is 64.2 Å². The molecule has 0 unspecified atom stereocenters. The Kier molecular flexibility index (Phi) is 7.63. The van der Waals surface area contributed by atoms with Gasteiger partial charge in [0.05, 0.1) is 0 Å². The lowest BCUT2D eigenvalue weighted by molar-refractivity contribution is 0.589. The molecule has 1 nitrogen and oxygen atoms in total. The fourth-order valence-electron chi connectivity index (χ4n) is 2.32. The van der Waals surface area contributed by atoms with Crippen molar-refractivity contribution in [1.82, 2.24) is 5.73 Å². The summed E-state index contributed by atoms with van der Waals surface area (Å²) >= 11 is 0.